The van der Waals surface area contributed by atoms with E-state index in [0.717, 1.165) is 18.7 Å². The Hall–Kier alpha value is -0.350. The van der Waals surface area contributed by atoms with Crippen LogP contribution in [0.5, 0.6) is 0 Å². The average Bonchev–Trinajstić information content (AvgIpc) is 2.63. The van der Waals surface area contributed by atoms with Crippen molar-refractivity contribution in [2.45, 2.75) is 78.9 Å². The summed E-state index contributed by atoms with van der Waals surface area (Å²) in [5.74, 6) is 0. The summed E-state index contributed by atoms with van der Waals surface area (Å²) in [6.45, 7) is 11.8. The molecule has 19 heavy (non-hydrogen) atoms. The minimum atomic E-state index is 0.528. The number of unbranched alkanes of at least 4 members (excludes halogenated alkanes) is 1. The third-order valence-corrected chi connectivity index (χ3v) is 4.40. The van der Waals surface area contributed by atoms with Gasteiger partial charge in [0.25, 0.3) is 0 Å². The lowest BCUT2D eigenvalue weighted by Crippen LogP contribution is -2.37. The number of nitrogens with zero attached hydrogens (tertiary/aromatic N) is 2. The van der Waals surface area contributed by atoms with E-state index < -0.39 is 0 Å². The van der Waals surface area contributed by atoms with E-state index >= 15 is 0 Å². The lowest BCUT2D eigenvalue weighted by Gasteiger charge is -2.22. The van der Waals surface area contributed by atoms with Crippen LogP contribution in [0.25, 0.3) is 0 Å². The van der Waals surface area contributed by atoms with Crippen LogP contribution in [0.1, 0.15) is 58.3 Å². The Bertz CT molecular complexity index is 385. The van der Waals surface area contributed by atoms with E-state index in [4.69, 9.17) is 0 Å². The van der Waals surface area contributed by atoms with Crippen molar-refractivity contribution in [3.8, 4) is 0 Å². The van der Waals surface area contributed by atoms with E-state index in [2.05, 4.69) is 65.6 Å². The molecule has 0 aliphatic carbocycles. The molecule has 0 aromatic carbocycles. The molecule has 1 rings (SSSR count). The largest absolute Gasteiger partial charge is 0.311 e. The molecular weight excluding hydrogens is 302 g/mol. The summed E-state index contributed by atoms with van der Waals surface area (Å²) in [4.78, 5) is 0. The molecule has 4 heteroatoms. The second kappa shape index (κ2) is 8.05. The minimum Gasteiger partial charge on any atom is -0.311 e. The lowest BCUT2D eigenvalue weighted by molar-refractivity contribution is 0.414. The number of nitrogens with one attached hydrogen (secondary N) is 1. The van der Waals surface area contributed by atoms with Crippen LogP contribution in [0.3, 0.4) is 0 Å². The fraction of sp³-hybridized carbons (Fsp3) is 0.800. The Labute approximate surface area is 126 Å². The molecule has 0 fully saturated rings. The molecule has 1 unspecified atom stereocenters. The van der Waals surface area contributed by atoms with Crippen molar-refractivity contribution in [3.05, 3.63) is 15.9 Å². The standard InChI is InChI=1S/C15H28BrN3/c1-6-8-9-13(17-11(3)4)10-14-15(16)12(5)18-19(14)7-2/h11,13,17H,6-10H2,1-5H3. The van der Waals surface area contributed by atoms with Crippen LogP contribution in [0, 0.1) is 6.92 Å². The highest BCUT2D eigenvalue weighted by Gasteiger charge is 2.17. The van der Waals surface area contributed by atoms with E-state index in [1.807, 2.05) is 0 Å². The maximum atomic E-state index is 4.58. The van der Waals surface area contributed by atoms with Crippen LogP contribution in [-0.2, 0) is 13.0 Å². The smallest absolute Gasteiger partial charge is 0.0738 e. The van der Waals surface area contributed by atoms with Gasteiger partial charge in [0.15, 0.2) is 0 Å². The third-order valence-electron chi connectivity index (χ3n) is 3.37. The number of aromatic nitrogens is 2. The first-order valence-corrected chi connectivity index (χ1v) is 8.26. The van der Waals surface area contributed by atoms with Crippen LogP contribution < -0.4 is 5.32 Å². The summed E-state index contributed by atoms with van der Waals surface area (Å²) in [5, 5.41) is 8.27. The van der Waals surface area contributed by atoms with Gasteiger partial charge in [-0.1, -0.05) is 33.6 Å². The van der Waals surface area contributed by atoms with E-state index in [9.17, 15) is 0 Å². The van der Waals surface area contributed by atoms with Crippen molar-refractivity contribution in [1.29, 1.82) is 0 Å². The highest BCUT2D eigenvalue weighted by molar-refractivity contribution is 9.10. The highest BCUT2D eigenvalue weighted by Crippen LogP contribution is 2.23. The van der Waals surface area contributed by atoms with Gasteiger partial charge in [0, 0.05) is 25.0 Å². The Balaban J connectivity index is 2.82. The van der Waals surface area contributed by atoms with Gasteiger partial charge in [-0.15, -0.1) is 0 Å². The van der Waals surface area contributed by atoms with Gasteiger partial charge >= 0.3 is 0 Å². The molecule has 0 radical (unpaired) electrons. The number of aryl methyl sites for hydroxylation is 2. The van der Waals surface area contributed by atoms with Crippen molar-refractivity contribution >= 4 is 15.9 Å². The molecule has 3 nitrogen and oxygen atoms in total. The van der Waals surface area contributed by atoms with Gasteiger partial charge in [0.05, 0.1) is 15.9 Å². The Kier molecular flexibility index (Phi) is 7.08. The number of halogens is 1. The molecule has 0 aliphatic rings. The van der Waals surface area contributed by atoms with Gasteiger partial charge in [-0.05, 0) is 36.2 Å². The molecule has 1 aromatic rings. The Morgan fingerprint density at radius 3 is 2.53 bits per heavy atom. The number of hydrogen-bond donors (Lipinski definition) is 1. The van der Waals surface area contributed by atoms with Crippen molar-refractivity contribution in [2.24, 2.45) is 0 Å². The molecule has 1 N–H and O–H groups in total. The van der Waals surface area contributed by atoms with Crippen molar-refractivity contribution in [1.82, 2.24) is 15.1 Å². The fourth-order valence-corrected chi connectivity index (χ4v) is 2.91. The molecule has 0 amide bonds. The number of rotatable bonds is 8. The second-order valence-electron chi connectivity index (χ2n) is 5.53. The zero-order valence-corrected chi connectivity index (χ0v) is 14.5. The van der Waals surface area contributed by atoms with Crippen LogP contribution in [0.4, 0.5) is 0 Å². The molecule has 0 bridgehead atoms. The first kappa shape index (κ1) is 16.7. The Morgan fingerprint density at radius 2 is 2.00 bits per heavy atom. The first-order valence-electron chi connectivity index (χ1n) is 7.47. The SMILES string of the molecule is CCCCC(Cc1c(Br)c(C)nn1CC)NC(C)C. The normalized spacial score (nSPS) is 13.2. The summed E-state index contributed by atoms with van der Waals surface area (Å²) in [5.41, 5.74) is 2.42. The first-order chi connectivity index (χ1) is 8.99. The Morgan fingerprint density at radius 1 is 1.32 bits per heavy atom. The molecule has 110 valence electrons. The van der Waals surface area contributed by atoms with Gasteiger partial charge in [0.1, 0.15) is 0 Å². The molecule has 1 heterocycles. The van der Waals surface area contributed by atoms with Crippen molar-refractivity contribution < 1.29 is 0 Å². The second-order valence-corrected chi connectivity index (χ2v) is 6.32. The predicted octanol–water partition coefficient (Wildman–Crippen LogP) is 4.07. The van der Waals surface area contributed by atoms with Gasteiger partial charge in [-0.25, -0.2) is 0 Å². The molecule has 1 aromatic heterocycles. The number of hydrogen-bond acceptors (Lipinski definition) is 2. The fourth-order valence-electron chi connectivity index (χ4n) is 2.46. The summed E-state index contributed by atoms with van der Waals surface area (Å²) in [7, 11) is 0. The predicted molar refractivity (Wildman–Crippen MR) is 85.6 cm³/mol. The van der Waals surface area contributed by atoms with E-state index in [1.165, 1.54) is 29.4 Å². The van der Waals surface area contributed by atoms with Gasteiger partial charge in [-0.3, -0.25) is 4.68 Å². The molecule has 0 spiro atoms. The van der Waals surface area contributed by atoms with Gasteiger partial charge in [0.2, 0.25) is 0 Å². The van der Waals surface area contributed by atoms with Gasteiger partial charge in [-0.2, -0.15) is 5.10 Å². The van der Waals surface area contributed by atoms with Crippen LogP contribution in [0.15, 0.2) is 4.47 Å². The topological polar surface area (TPSA) is 29.9 Å². The van der Waals surface area contributed by atoms with Crippen LogP contribution >= 0.6 is 15.9 Å². The molecule has 0 saturated heterocycles. The van der Waals surface area contributed by atoms with Crippen LogP contribution in [0.2, 0.25) is 0 Å². The van der Waals surface area contributed by atoms with Crippen LogP contribution in [-0.4, -0.2) is 21.9 Å². The van der Waals surface area contributed by atoms with E-state index in [-0.39, 0.29) is 0 Å². The molecule has 1 atom stereocenters. The summed E-state index contributed by atoms with van der Waals surface area (Å²) in [6.07, 6.45) is 4.81. The van der Waals surface area contributed by atoms with E-state index in [1.54, 1.807) is 0 Å². The van der Waals surface area contributed by atoms with Gasteiger partial charge < -0.3 is 5.32 Å². The molecule has 0 aliphatic heterocycles. The summed E-state index contributed by atoms with van der Waals surface area (Å²) < 4.78 is 3.31. The zero-order chi connectivity index (χ0) is 14.4. The quantitative estimate of drug-likeness (QED) is 0.778. The van der Waals surface area contributed by atoms with E-state index in [0.29, 0.717) is 12.1 Å². The molecular formula is C15H28BrN3. The monoisotopic (exact) mass is 329 g/mol. The maximum Gasteiger partial charge on any atom is 0.0738 e. The van der Waals surface area contributed by atoms with Crippen molar-refractivity contribution in [2.75, 3.05) is 0 Å². The highest BCUT2D eigenvalue weighted by atomic mass is 79.9. The summed E-state index contributed by atoms with van der Waals surface area (Å²) >= 11 is 3.69. The minimum absolute atomic E-state index is 0.528. The molecule has 0 saturated carbocycles. The zero-order valence-electron chi connectivity index (χ0n) is 13.0. The average molecular weight is 330 g/mol. The van der Waals surface area contributed by atoms with Crippen molar-refractivity contribution in [3.63, 3.8) is 0 Å². The summed E-state index contributed by atoms with van der Waals surface area (Å²) in [6, 6.07) is 1.07. The lowest BCUT2D eigenvalue weighted by atomic mass is 10.0. The third kappa shape index (κ3) is 4.92. The maximum absolute atomic E-state index is 4.58.